The van der Waals surface area contributed by atoms with Gasteiger partial charge >= 0.3 is 0 Å². The lowest BCUT2D eigenvalue weighted by molar-refractivity contribution is 0.136. The molecule has 4 heteroatoms. The minimum atomic E-state index is -0.827. The van der Waals surface area contributed by atoms with E-state index in [1.54, 1.807) is 19.9 Å². The molecule has 0 radical (unpaired) electrons. The largest absolute Gasteiger partial charge is 0.393 e. The average Bonchev–Trinajstić information content (AvgIpc) is 2.77. The predicted molar refractivity (Wildman–Crippen MR) is 69.0 cm³/mol. The smallest absolute Gasteiger partial charge is 0.131 e. The van der Waals surface area contributed by atoms with Gasteiger partial charge in [-0.2, -0.15) is 0 Å². The van der Waals surface area contributed by atoms with E-state index >= 15 is 0 Å². The monoisotopic (exact) mass is 253 g/mol. The summed E-state index contributed by atoms with van der Waals surface area (Å²) in [5, 5.41) is 19.3. The van der Waals surface area contributed by atoms with E-state index < -0.39 is 6.10 Å². The molecule has 18 heavy (non-hydrogen) atoms. The zero-order valence-corrected chi connectivity index (χ0v) is 10.8. The number of benzene rings is 1. The van der Waals surface area contributed by atoms with Gasteiger partial charge in [-0.05, 0) is 32.4 Å². The van der Waals surface area contributed by atoms with E-state index in [2.05, 4.69) is 0 Å². The van der Waals surface area contributed by atoms with Crippen molar-refractivity contribution in [2.75, 3.05) is 18.0 Å². The van der Waals surface area contributed by atoms with Crippen molar-refractivity contribution in [3.63, 3.8) is 0 Å². The summed E-state index contributed by atoms with van der Waals surface area (Å²) in [6.45, 7) is 4.86. The van der Waals surface area contributed by atoms with Crippen LogP contribution < -0.4 is 4.90 Å². The number of aliphatic hydroxyl groups is 2. The fraction of sp³-hybridized carbons (Fsp3) is 0.571. The third-order valence-corrected chi connectivity index (χ3v) is 3.70. The molecular weight excluding hydrogens is 233 g/mol. The van der Waals surface area contributed by atoms with Crippen LogP contribution in [-0.4, -0.2) is 29.4 Å². The van der Waals surface area contributed by atoms with E-state index in [-0.39, 0.29) is 17.8 Å². The molecule has 1 aromatic carbocycles. The van der Waals surface area contributed by atoms with Gasteiger partial charge in [0.1, 0.15) is 5.82 Å². The second-order valence-electron chi connectivity index (χ2n) is 5.08. The van der Waals surface area contributed by atoms with Gasteiger partial charge in [-0.3, -0.25) is 0 Å². The zero-order chi connectivity index (χ0) is 13.3. The first-order valence-corrected chi connectivity index (χ1v) is 6.40. The lowest BCUT2D eigenvalue weighted by atomic mass is 10.0. The number of rotatable bonds is 3. The Balaban J connectivity index is 2.27. The Morgan fingerprint density at radius 1 is 1.33 bits per heavy atom. The van der Waals surface area contributed by atoms with Crippen LogP contribution >= 0.6 is 0 Å². The molecule has 1 fully saturated rings. The molecule has 0 aromatic heterocycles. The number of hydrogen-bond acceptors (Lipinski definition) is 3. The summed E-state index contributed by atoms with van der Waals surface area (Å²) in [6, 6.07) is 4.86. The van der Waals surface area contributed by atoms with Crippen LogP contribution in [0.5, 0.6) is 0 Å². The van der Waals surface area contributed by atoms with Crippen molar-refractivity contribution >= 4 is 5.69 Å². The predicted octanol–water partition coefficient (Wildman–Crippen LogP) is 2.09. The first-order chi connectivity index (χ1) is 8.50. The maximum absolute atomic E-state index is 13.8. The normalized spacial score (nSPS) is 23.2. The zero-order valence-electron chi connectivity index (χ0n) is 10.8. The number of halogens is 1. The second kappa shape index (κ2) is 5.24. The Hall–Kier alpha value is -1.13. The molecule has 3 nitrogen and oxygen atoms in total. The summed E-state index contributed by atoms with van der Waals surface area (Å²) >= 11 is 0. The first-order valence-electron chi connectivity index (χ1n) is 6.40. The average molecular weight is 253 g/mol. The van der Waals surface area contributed by atoms with Crippen LogP contribution in [0.2, 0.25) is 0 Å². The van der Waals surface area contributed by atoms with Gasteiger partial charge in [-0.15, -0.1) is 0 Å². The van der Waals surface area contributed by atoms with Crippen LogP contribution in [0.3, 0.4) is 0 Å². The number of nitrogens with zero attached hydrogens (tertiary/aromatic N) is 1. The molecule has 2 rings (SSSR count). The van der Waals surface area contributed by atoms with Crippen LogP contribution in [0, 0.1) is 11.7 Å². The van der Waals surface area contributed by atoms with Gasteiger partial charge in [0.25, 0.3) is 0 Å². The van der Waals surface area contributed by atoms with Crippen molar-refractivity contribution in [1.82, 2.24) is 0 Å². The highest BCUT2D eigenvalue weighted by Crippen LogP contribution is 2.33. The van der Waals surface area contributed by atoms with Gasteiger partial charge in [0.15, 0.2) is 0 Å². The summed E-state index contributed by atoms with van der Waals surface area (Å²) < 4.78 is 13.8. The lowest BCUT2D eigenvalue weighted by Crippen LogP contribution is -2.25. The number of hydrogen-bond donors (Lipinski definition) is 2. The highest BCUT2D eigenvalue weighted by Gasteiger charge is 2.28. The van der Waals surface area contributed by atoms with Crippen LogP contribution in [0.25, 0.3) is 0 Å². The maximum atomic E-state index is 13.8. The molecule has 2 unspecified atom stereocenters. The Morgan fingerprint density at radius 3 is 2.61 bits per heavy atom. The Kier molecular flexibility index (Phi) is 3.88. The van der Waals surface area contributed by atoms with Gasteiger partial charge in [0, 0.05) is 30.3 Å². The molecule has 0 spiro atoms. The highest BCUT2D eigenvalue weighted by atomic mass is 19.1. The van der Waals surface area contributed by atoms with Crippen molar-refractivity contribution in [2.24, 2.45) is 5.92 Å². The summed E-state index contributed by atoms with van der Waals surface area (Å²) in [5.74, 6) is -0.155. The van der Waals surface area contributed by atoms with Gasteiger partial charge in [0.05, 0.1) is 12.2 Å². The van der Waals surface area contributed by atoms with Gasteiger partial charge in [-0.1, -0.05) is 6.07 Å². The Bertz CT molecular complexity index is 420. The number of anilines is 1. The van der Waals surface area contributed by atoms with Crippen molar-refractivity contribution < 1.29 is 14.6 Å². The molecule has 0 bridgehead atoms. The minimum Gasteiger partial charge on any atom is -0.393 e. The van der Waals surface area contributed by atoms with E-state index in [4.69, 9.17) is 0 Å². The highest BCUT2D eigenvalue weighted by molar-refractivity contribution is 5.56. The quantitative estimate of drug-likeness (QED) is 0.867. The van der Waals surface area contributed by atoms with Gasteiger partial charge in [0.2, 0.25) is 0 Å². The molecule has 1 heterocycles. The molecule has 0 aliphatic carbocycles. The van der Waals surface area contributed by atoms with Crippen LogP contribution in [0.15, 0.2) is 18.2 Å². The summed E-state index contributed by atoms with van der Waals surface area (Å²) in [4.78, 5) is 2.04. The fourth-order valence-corrected chi connectivity index (χ4v) is 2.61. The summed E-state index contributed by atoms with van der Waals surface area (Å²) in [6.07, 6.45) is -0.279. The molecule has 1 saturated heterocycles. The molecule has 1 aliphatic rings. The van der Waals surface area contributed by atoms with E-state index in [1.807, 2.05) is 11.0 Å². The molecule has 0 saturated carbocycles. The van der Waals surface area contributed by atoms with Crippen molar-refractivity contribution in [3.8, 4) is 0 Å². The van der Waals surface area contributed by atoms with E-state index in [9.17, 15) is 14.6 Å². The third kappa shape index (κ3) is 2.49. The minimum absolute atomic E-state index is 0.218. The topological polar surface area (TPSA) is 43.7 Å². The molecule has 1 aromatic rings. The Morgan fingerprint density at radius 2 is 2.06 bits per heavy atom. The van der Waals surface area contributed by atoms with Crippen molar-refractivity contribution in [3.05, 3.63) is 29.6 Å². The molecule has 2 N–H and O–H groups in total. The molecule has 3 atom stereocenters. The summed E-state index contributed by atoms with van der Waals surface area (Å²) in [7, 11) is 0. The van der Waals surface area contributed by atoms with Crippen molar-refractivity contribution in [1.29, 1.82) is 0 Å². The fourth-order valence-electron chi connectivity index (χ4n) is 2.61. The number of aliphatic hydroxyl groups excluding tert-OH is 2. The van der Waals surface area contributed by atoms with Crippen LogP contribution in [0.4, 0.5) is 10.1 Å². The summed E-state index contributed by atoms with van der Waals surface area (Å²) in [5.41, 5.74) is 1.09. The molecular formula is C14H20FNO2. The second-order valence-corrected chi connectivity index (χ2v) is 5.08. The van der Waals surface area contributed by atoms with Crippen LogP contribution in [-0.2, 0) is 0 Å². The van der Waals surface area contributed by atoms with Crippen LogP contribution in [0.1, 0.15) is 31.9 Å². The molecule has 100 valence electrons. The standard InChI is InChI=1S/C14H20FNO2/c1-9(17)11-6-7-16(8-11)13-5-3-4-12(15)14(13)10(2)18/h3-5,9-11,17-18H,6-8H2,1-2H3/t9?,10-,11?/m0/s1. The SMILES string of the molecule is CC(O)C1CCN(c2cccc(F)c2[C@H](C)O)C1. The van der Waals surface area contributed by atoms with E-state index in [1.165, 1.54) is 6.07 Å². The van der Waals surface area contributed by atoms with E-state index in [0.717, 1.165) is 18.7 Å². The molecule has 1 aliphatic heterocycles. The van der Waals surface area contributed by atoms with Gasteiger partial charge < -0.3 is 15.1 Å². The van der Waals surface area contributed by atoms with E-state index in [0.29, 0.717) is 12.1 Å². The maximum Gasteiger partial charge on any atom is 0.131 e. The lowest BCUT2D eigenvalue weighted by Gasteiger charge is -2.24. The third-order valence-electron chi connectivity index (χ3n) is 3.70. The molecule has 0 amide bonds. The van der Waals surface area contributed by atoms with Gasteiger partial charge in [-0.25, -0.2) is 4.39 Å². The Labute approximate surface area is 107 Å². The van der Waals surface area contributed by atoms with Crippen molar-refractivity contribution in [2.45, 2.75) is 32.5 Å². The first kappa shape index (κ1) is 13.3.